The molecule has 0 amide bonds. The van der Waals surface area contributed by atoms with Gasteiger partial charge < -0.3 is 5.41 Å². The molecule has 2 rings (SSSR count). The Morgan fingerprint density at radius 2 is 1.92 bits per heavy atom. The second-order valence-corrected chi connectivity index (χ2v) is 11.2. The van der Waals surface area contributed by atoms with Gasteiger partial charge in [0.25, 0.3) is 0 Å². The normalized spacial score (nSPS) is 25.0. The summed E-state index contributed by atoms with van der Waals surface area (Å²) in [6.07, 6.45) is 21.5. The third-order valence-corrected chi connectivity index (χ3v) is 8.05. The first-order valence-electron chi connectivity index (χ1n) is 14.2. The fourth-order valence-corrected chi connectivity index (χ4v) is 5.70. The van der Waals surface area contributed by atoms with E-state index in [9.17, 15) is 0 Å². The van der Waals surface area contributed by atoms with Crippen molar-refractivity contribution in [2.24, 2.45) is 23.7 Å². The lowest BCUT2D eigenvalue weighted by Gasteiger charge is -2.34. The highest BCUT2D eigenvalue weighted by Crippen LogP contribution is 2.45. The van der Waals surface area contributed by atoms with Crippen molar-refractivity contribution in [2.45, 2.75) is 92.9 Å². The fourth-order valence-electron chi connectivity index (χ4n) is 5.70. The van der Waals surface area contributed by atoms with Crippen molar-refractivity contribution in [1.82, 2.24) is 0 Å². The summed E-state index contributed by atoms with van der Waals surface area (Å²) >= 11 is 0. The lowest BCUT2D eigenvalue weighted by molar-refractivity contribution is 0.414. The number of allylic oxidation sites excluding steroid dienone is 13. The monoisotopic (exact) mass is 485 g/mol. The van der Waals surface area contributed by atoms with E-state index >= 15 is 0 Å². The highest BCUT2D eigenvalue weighted by atomic mass is 14.4. The molecule has 0 saturated heterocycles. The number of nitrogens with one attached hydrogen (secondary N) is 1. The topological polar surface area (TPSA) is 23.9 Å². The molecule has 2 aliphatic carbocycles. The van der Waals surface area contributed by atoms with Crippen molar-refractivity contribution in [1.29, 1.82) is 5.41 Å². The van der Waals surface area contributed by atoms with Crippen LogP contribution in [0.15, 0.2) is 95.2 Å². The van der Waals surface area contributed by atoms with Crippen LogP contribution >= 0.6 is 0 Å². The third-order valence-electron chi connectivity index (χ3n) is 8.05. The average molecular weight is 486 g/mol. The van der Waals surface area contributed by atoms with Crippen LogP contribution < -0.4 is 0 Å². The predicted molar refractivity (Wildman–Crippen MR) is 162 cm³/mol. The smallest absolute Gasteiger partial charge is 0.0171 e. The molecule has 36 heavy (non-hydrogen) atoms. The molecule has 0 radical (unpaired) electrons. The molecule has 4 unspecified atom stereocenters. The summed E-state index contributed by atoms with van der Waals surface area (Å²) in [5, 5.41) is 8.61. The van der Waals surface area contributed by atoms with Gasteiger partial charge in [-0.25, -0.2) is 0 Å². The molecule has 1 nitrogen and oxygen atoms in total. The molecule has 1 N–H and O–H groups in total. The van der Waals surface area contributed by atoms with Crippen molar-refractivity contribution >= 4 is 5.71 Å². The van der Waals surface area contributed by atoms with Gasteiger partial charge in [-0.2, -0.15) is 0 Å². The van der Waals surface area contributed by atoms with E-state index in [4.69, 9.17) is 5.41 Å². The number of rotatable bonds is 9. The zero-order valence-corrected chi connectivity index (χ0v) is 24.1. The first kappa shape index (κ1) is 29.8. The molecule has 0 bridgehead atoms. The molecule has 0 aromatic rings. The largest absolute Gasteiger partial charge is 0.309 e. The van der Waals surface area contributed by atoms with Crippen molar-refractivity contribution in [3.8, 4) is 0 Å². The maximum absolute atomic E-state index is 8.61. The molecular weight excluding hydrogens is 434 g/mol. The Morgan fingerprint density at radius 1 is 1.19 bits per heavy atom. The molecule has 4 atom stereocenters. The molecule has 0 fully saturated rings. The van der Waals surface area contributed by atoms with Crippen LogP contribution in [-0.2, 0) is 0 Å². The molecule has 0 aliphatic heterocycles. The van der Waals surface area contributed by atoms with E-state index in [0.29, 0.717) is 30.1 Å². The lowest BCUT2D eigenvalue weighted by Crippen LogP contribution is -2.22. The average Bonchev–Trinajstić information content (AvgIpc) is 3.01. The van der Waals surface area contributed by atoms with Gasteiger partial charge in [-0.3, -0.25) is 0 Å². The van der Waals surface area contributed by atoms with E-state index in [-0.39, 0.29) is 0 Å². The van der Waals surface area contributed by atoms with Crippen molar-refractivity contribution in [3.05, 3.63) is 95.2 Å². The maximum atomic E-state index is 8.61. The Balaban J connectivity index is 2.66. The third kappa shape index (κ3) is 7.79. The molecule has 0 saturated carbocycles. The number of hydrogen-bond acceptors (Lipinski definition) is 1. The number of fused-ring (bicyclic) bond motifs is 1. The van der Waals surface area contributed by atoms with Gasteiger partial charge in [0.15, 0.2) is 0 Å². The Labute approximate surface area is 222 Å². The standard InChI is InChI=1S/C35H51N/c1-10-14-26(7)34-27(8)17-19-30(29(12-3)16-13-15-25(6)11-2)20-18-28(9)35-32(34)22-21-31(36)23-33(35)24(4)5/h12-13,15-16,20,22,25,27-28,34,36H,3-4,7,10-11,14,17-19,21,23H2,1-2,5-6,8-9H3. The van der Waals surface area contributed by atoms with Gasteiger partial charge in [0, 0.05) is 24.5 Å². The van der Waals surface area contributed by atoms with Gasteiger partial charge in [0.05, 0.1) is 0 Å². The van der Waals surface area contributed by atoms with E-state index in [1.807, 2.05) is 6.08 Å². The molecule has 2 aliphatic rings. The summed E-state index contributed by atoms with van der Waals surface area (Å²) in [4.78, 5) is 0. The van der Waals surface area contributed by atoms with E-state index < -0.39 is 0 Å². The highest BCUT2D eigenvalue weighted by Gasteiger charge is 2.32. The molecular formula is C35H51N. The van der Waals surface area contributed by atoms with Crippen LogP contribution in [0.5, 0.6) is 0 Å². The summed E-state index contributed by atoms with van der Waals surface area (Å²) in [5.41, 5.74) is 10.0. The van der Waals surface area contributed by atoms with Gasteiger partial charge >= 0.3 is 0 Å². The molecule has 196 valence electrons. The van der Waals surface area contributed by atoms with E-state index in [2.05, 4.69) is 91.7 Å². The van der Waals surface area contributed by atoms with Gasteiger partial charge in [-0.05, 0) is 78.2 Å². The molecule has 0 aromatic carbocycles. The first-order valence-corrected chi connectivity index (χ1v) is 14.2. The van der Waals surface area contributed by atoms with Crippen LogP contribution in [0.1, 0.15) is 92.9 Å². The van der Waals surface area contributed by atoms with Crippen LogP contribution in [0, 0.1) is 29.1 Å². The summed E-state index contributed by atoms with van der Waals surface area (Å²) in [6, 6.07) is 0. The summed E-state index contributed by atoms with van der Waals surface area (Å²) in [5.74, 6) is 1.73. The number of hydrogen-bond donors (Lipinski definition) is 1. The lowest BCUT2D eigenvalue weighted by atomic mass is 9.70. The maximum Gasteiger partial charge on any atom is 0.0171 e. The van der Waals surface area contributed by atoms with E-state index in [0.717, 1.165) is 56.2 Å². The minimum Gasteiger partial charge on any atom is -0.309 e. The first-order chi connectivity index (χ1) is 17.1. The van der Waals surface area contributed by atoms with Crippen LogP contribution in [0.25, 0.3) is 0 Å². The van der Waals surface area contributed by atoms with Crippen LogP contribution in [0.4, 0.5) is 0 Å². The Morgan fingerprint density at radius 3 is 2.53 bits per heavy atom. The van der Waals surface area contributed by atoms with Gasteiger partial charge in [-0.1, -0.05) is 115 Å². The summed E-state index contributed by atoms with van der Waals surface area (Å²) in [7, 11) is 0. The van der Waals surface area contributed by atoms with E-state index in [1.165, 1.54) is 33.4 Å². The second kappa shape index (κ2) is 14.4. The Kier molecular flexibility index (Phi) is 11.9. The molecule has 0 aromatic heterocycles. The fraction of sp³-hybridized carbons (Fsp3) is 0.514. The van der Waals surface area contributed by atoms with Crippen molar-refractivity contribution < 1.29 is 0 Å². The van der Waals surface area contributed by atoms with Crippen LogP contribution in [0.3, 0.4) is 0 Å². The zero-order valence-electron chi connectivity index (χ0n) is 24.1. The predicted octanol–water partition coefficient (Wildman–Crippen LogP) is 10.7. The second-order valence-electron chi connectivity index (χ2n) is 11.2. The Hall–Kier alpha value is -2.41. The van der Waals surface area contributed by atoms with E-state index in [1.54, 1.807) is 0 Å². The molecule has 0 heterocycles. The van der Waals surface area contributed by atoms with Gasteiger partial charge in [0.2, 0.25) is 0 Å². The van der Waals surface area contributed by atoms with Gasteiger partial charge in [-0.15, -0.1) is 0 Å². The quantitative estimate of drug-likeness (QED) is 0.248. The van der Waals surface area contributed by atoms with Gasteiger partial charge in [0.1, 0.15) is 0 Å². The summed E-state index contributed by atoms with van der Waals surface area (Å²) < 4.78 is 0. The minimum absolute atomic E-state index is 0.323. The van der Waals surface area contributed by atoms with Crippen molar-refractivity contribution in [3.63, 3.8) is 0 Å². The summed E-state index contributed by atoms with van der Waals surface area (Å²) in [6.45, 7) is 26.8. The minimum atomic E-state index is 0.323. The highest BCUT2D eigenvalue weighted by molar-refractivity contribution is 5.87. The molecule has 1 heteroatoms. The van der Waals surface area contributed by atoms with Crippen LogP contribution in [0.2, 0.25) is 0 Å². The van der Waals surface area contributed by atoms with Crippen LogP contribution in [-0.4, -0.2) is 5.71 Å². The van der Waals surface area contributed by atoms with Crippen molar-refractivity contribution in [2.75, 3.05) is 0 Å². The SMILES string of the molecule is C=CC(=CC=CC(C)CC)C1=CCC(C)C2=C(C(=C)C)CC(=N)CC=C2C(C(=C)CCC)C(C)CC1. The Bertz CT molecular complexity index is 990. The molecule has 0 spiro atoms. The zero-order chi connectivity index (χ0) is 26.8.